The molecule has 3 nitrogen and oxygen atoms in total. The molecule has 0 saturated heterocycles. The van der Waals surface area contributed by atoms with Crippen LogP contribution < -0.4 is 10.6 Å². The monoisotopic (exact) mass is 314 g/mol. The molecular formula is C18H19ClN2O. The van der Waals surface area contributed by atoms with Crippen LogP contribution in [0.5, 0.6) is 0 Å². The second-order valence-electron chi connectivity index (χ2n) is 5.53. The third kappa shape index (κ3) is 3.42. The number of halogens is 1. The molecule has 0 fully saturated rings. The number of carbonyl (C=O) groups excluding carboxylic acids is 1. The zero-order chi connectivity index (χ0) is 15.4. The SMILES string of the molecule is O=C(CNc1cccc2c1CCCC2)Nc1ccccc1Cl. The van der Waals surface area contributed by atoms with E-state index in [2.05, 4.69) is 22.8 Å². The smallest absolute Gasteiger partial charge is 0.243 e. The summed E-state index contributed by atoms with van der Waals surface area (Å²) in [5, 5.41) is 6.63. The van der Waals surface area contributed by atoms with Crippen LogP contribution in [0.3, 0.4) is 0 Å². The number of amides is 1. The van der Waals surface area contributed by atoms with Gasteiger partial charge in [0.2, 0.25) is 5.91 Å². The topological polar surface area (TPSA) is 41.1 Å². The molecule has 114 valence electrons. The second-order valence-corrected chi connectivity index (χ2v) is 5.94. The van der Waals surface area contributed by atoms with Crippen LogP contribution in [0.1, 0.15) is 24.0 Å². The van der Waals surface area contributed by atoms with Crippen LogP contribution >= 0.6 is 11.6 Å². The number of aryl methyl sites for hydroxylation is 1. The molecule has 1 aliphatic rings. The van der Waals surface area contributed by atoms with Crippen LogP contribution in [0.4, 0.5) is 11.4 Å². The average Bonchev–Trinajstić information content (AvgIpc) is 2.55. The van der Waals surface area contributed by atoms with Crippen LogP contribution in [0, 0.1) is 0 Å². The summed E-state index contributed by atoms with van der Waals surface area (Å²) in [6.07, 6.45) is 4.70. The largest absolute Gasteiger partial charge is 0.376 e. The van der Waals surface area contributed by atoms with Gasteiger partial charge in [-0.05, 0) is 55.0 Å². The molecule has 3 rings (SSSR count). The maximum absolute atomic E-state index is 12.1. The maximum atomic E-state index is 12.1. The summed E-state index contributed by atoms with van der Waals surface area (Å²) in [5.74, 6) is -0.0958. The molecule has 2 aromatic carbocycles. The molecule has 22 heavy (non-hydrogen) atoms. The Morgan fingerprint density at radius 1 is 1.00 bits per heavy atom. The van der Waals surface area contributed by atoms with Crippen LogP contribution in [0.15, 0.2) is 42.5 Å². The zero-order valence-corrected chi connectivity index (χ0v) is 13.1. The Balaban J connectivity index is 1.63. The number of nitrogens with one attached hydrogen (secondary N) is 2. The van der Waals surface area contributed by atoms with Crippen molar-refractivity contribution in [2.24, 2.45) is 0 Å². The number of rotatable bonds is 4. The van der Waals surface area contributed by atoms with E-state index in [0.717, 1.165) is 18.5 Å². The molecule has 0 atom stereocenters. The molecule has 0 saturated carbocycles. The van der Waals surface area contributed by atoms with Crippen LogP contribution in [0.2, 0.25) is 5.02 Å². The quantitative estimate of drug-likeness (QED) is 0.885. The molecule has 0 unspecified atom stereocenters. The predicted octanol–water partition coefficient (Wildman–Crippen LogP) is 4.27. The highest BCUT2D eigenvalue weighted by molar-refractivity contribution is 6.33. The summed E-state index contributed by atoms with van der Waals surface area (Å²) >= 11 is 6.05. The van der Waals surface area contributed by atoms with Crippen molar-refractivity contribution >= 4 is 28.9 Å². The molecule has 0 aliphatic heterocycles. The van der Waals surface area contributed by atoms with E-state index in [0.29, 0.717) is 10.7 Å². The Hall–Kier alpha value is -2.00. The van der Waals surface area contributed by atoms with E-state index in [1.807, 2.05) is 18.2 Å². The minimum absolute atomic E-state index is 0.0958. The van der Waals surface area contributed by atoms with Crippen molar-refractivity contribution in [3.63, 3.8) is 0 Å². The first-order valence-corrected chi connectivity index (χ1v) is 8.01. The van der Waals surface area contributed by atoms with E-state index in [9.17, 15) is 4.79 Å². The Bertz CT molecular complexity index is 685. The second kappa shape index (κ2) is 6.84. The zero-order valence-electron chi connectivity index (χ0n) is 12.4. The number of carbonyl (C=O) groups is 1. The van der Waals surface area contributed by atoms with Gasteiger partial charge >= 0.3 is 0 Å². The fraction of sp³-hybridized carbons (Fsp3) is 0.278. The molecule has 4 heteroatoms. The summed E-state index contributed by atoms with van der Waals surface area (Å²) in [7, 11) is 0. The molecule has 0 bridgehead atoms. The van der Waals surface area contributed by atoms with E-state index < -0.39 is 0 Å². The van der Waals surface area contributed by atoms with Crippen molar-refractivity contribution in [1.29, 1.82) is 0 Å². The molecule has 0 radical (unpaired) electrons. The first-order valence-electron chi connectivity index (χ1n) is 7.63. The van der Waals surface area contributed by atoms with E-state index in [-0.39, 0.29) is 12.5 Å². The fourth-order valence-corrected chi connectivity index (χ4v) is 3.06. The first-order chi connectivity index (χ1) is 10.7. The van der Waals surface area contributed by atoms with Crippen molar-refractivity contribution < 1.29 is 4.79 Å². The van der Waals surface area contributed by atoms with Gasteiger partial charge in [-0.1, -0.05) is 35.9 Å². The summed E-state index contributed by atoms with van der Waals surface area (Å²) in [6, 6.07) is 13.5. The molecule has 2 aromatic rings. The van der Waals surface area contributed by atoms with Gasteiger partial charge in [0.15, 0.2) is 0 Å². The van der Waals surface area contributed by atoms with Gasteiger partial charge < -0.3 is 10.6 Å². The van der Waals surface area contributed by atoms with E-state index in [1.54, 1.807) is 12.1 Å². The predicted molar refractivity (Wildman–Crippen MR) is 91.7 cm³/mol. The molecule has 1 aliphatic carbocycles. The standard InChI is InChI=1S/C18H19ClN2O/c19-15-9-3-4-10-17(15)21-18(22)12-20-16-11-5-7-13-6-1-2-8-14(13)16/h3-5,7,9-11,20H,1-2,6,8,12H2,(H,21,22). The number of hydrogen-bond donors (Lipinski definition) is 2. The molecule has 1 amide bonds. The normalized spacial score (nSPS) is 13.3. The van der Waals surface area contributed by atoms with Crippen LogP contribution in [-0.2, 0) is 17.6 Å². The Kier molecular flexibility index (Phi) is 4.64. The summed E-state index contributed by atoms with van der Waals surface area (Å²) < 4.78 is 0. The van der Waals surface area contributed by atoms with E-state index in [1.165, 1.54) is 24.0 Å². The molecule has 0 aromatic heterocycles. The lowest BCUT2D eigenvalue weighted by molar-refractivity contribution is -0.114. The summed E-state index contributed by atoms with van der Waals surface area (Å²) in [5.41, 5.74) is 4.49. The lowest BCUT2D eigenvalue weighted by Crippen LogP contribution is -2.22. The third-order valence-corrected chi connectivity index (χ3v) is 4.31. The van der Waals surface area contributed by atoms with Crippen LogP contribution in [-0.4, -0.2) is 12.5 Å². The van der Waals surface area contributed by atoms with Crippen molar-refractivity contribution in [3.8, 4) is 0 Å². The van der Waals surface area contributed by atoms with E-state index in [4.69, 9.17) is 11.6 Å². The lowest BCUT2D eigenvalue weighted by Gasteiger charge is -2.20. The van der Waals surface area contributed by atoms with Gasteiger partial charge in [0, 0.05) is 5.69 Å². The van der Waals surface area contributed by atoms with Crippen molar-refractivity contribution in [1.82, 2.24) is 0 Å². The number of hydrogen-bond acceptors (Lipinski definition) is 2. The minimum Gasteiger partial charge on any atom is -0.376 e. The van der Waals surface area contributed by atoms with Crippen molar-refractivity contribution in [2.45, 2.75) is 25.7 Å². The van der Waals surface area contributed by atoms with Gasteiger partial charge in [-0.15, -0.1) is 0 Å². The van der Waals surface area contributed by atoms with Gasteiger partial charge in [0.05, 0.1) is 17.3 Å². The van der Waals surface area contributed by atoms with Gasteiger partial charge in [-0.3, -0.25) is 4.79 Å². The molecule has 0 heterocycles. The highest BCUT2D eigenvalue weighted by Crippen LogP contribution is 2.27. The maximum Gasteiger partial charge on any atom is 0.243 e. The van der Waals surface area contributed by atoms with E-state index >= 15 is 0 Å². The average molecular weight is 315 g/mol. The third-order valence-electron chi connectivity index (χ3n) is 3.98. The van der Waals surface area contributed by atoms with Gasteiger partial charge in [-0.2, -0.15) is 0 Å². The Labute approximate surface area is 135 Å². The van der Waals surface area contributed by atoms with Crippen molar-refractivity contribution in [2.75, 3.05) is 17.2 Å². The summed E-state index contributed by atoms with van der Waals surface area (Å²) in [4.78, 5) is 12.1. The molecule has 0 spiro atoms. The van der Waals surface area contributed by atoms with Gasteiger partial charge in [0.25, 0.3) is 0 Å². The molecule has 2 N–H and O–H groups in total. The number of fused-ring (bicyclic) bond motifs is 1. The van der Waals surface area contributed by atoms with Crippen LogP contribution in [0.25, 0.3) is 0 Å². The highest BCUT2D eigenvalue weighted by Gasteiger charge is 2.13. The molecular weight excluding hydrogens is 296 g/mol. The lowest BCUT2D eigenvalue weighted by atomic mass is 9.90. The number of para-hydroxylation sites is 1. The fourth-order valence-electron chi connectivity index (χ4n) is 2.88. The van der Waals surface area contributed by atoms with Gasteiger partial charge in [-0.25, -0.2) is 0 Å². The Morgan fingerprint density at radius 2 is 1.77 bits per heavy atom. The van der Waals surface area contributed by atoms with Crippen molar-refractivity contribution in [3.05, 3.63) is 58.6 Å². The minimum atomic E-state index is -0.0958. The number of benzene rings is 2. The first kappa shape index (κ1) is 14.9. The number of anilines is 2. The highest BCUT2D eigenvalue weighted by atomic mass is 35.5. The van der Waals surface area contributed by atoms with Gasteiger partial charge in [0.1, 0.15) is 0 Å². The Morgan fingerprint density at radius 3 is 2.64 bits per heavy atom. The summed E-state index contributed by atoms with van der Waals surface area (Å²) in [6.45, 7) is 0.238.